The molecule has 1 saturated heterocycles. The number of likely N-dealkylation sites (tertiary alicyclic amines) is 1. The lowest BCUT2D eigenvalue weighted by molar-refractivity contribution is 0.0524. The molecule has 0 bridgehead atoms. The second kappa shape index (κ2) is 7.21. The maximum Gasteiger partial charge on any atom is 0.333 e. The van der Waals surface area contributed by atoms with Gasteiger partial charge in [-0.2, -0.15) is 13.9 Å². The largest absolute Gasteiger partial charge is 0.334 e. The minimum Gasteiger partial charge on any atom is -0.334 e. The number of amides is 1. The summed E-state index contributed by atoms with van der Waals surface area (Å²) in [5.74, 6) is -0.236. The van der Waals surface area contributed by atoms with Gasteiger partial charge in [0.2, 0.25) is 0 Å². The molecule has 0 aliphatic carbocycles. The third-order valence-corrected chi connectivity index (χ3v) is 5.16. The molecule has 3 heterocycles. The molecule has 2 aromatic heterocycles. The van der Waals surface area contributed by atoms with Crippen LogP contribution in [0.25, 0.3) is 0 Å². The first-order valence-electron chi connectivity index (χ1n) is 7.82. The van der Waals surface area contributed by atoms with E-state index in [1.807, 2.05) is 11.0 Å². The topological polar surface area (TPSA) is 38.1 Å². The standard InChI is InChI=1S/C16H19F2N3OS/c17-16(18)21-10-8-14(19-21)15(22)20-9-2-1-4-12(20)6-7-13-5-3-11-23-13/h3,5,8,10-12,16H,1-2,4,6-7,9H2/t12-/m1/s1. The number of rotatable bonds is 5. The van der Waals surface area contributed by atoms with E-state index < -0.39 is 6.55 Å². The van der Waals surface area contributed by atoms with Crippen LogP contribution in [-0.4, -0.2) is 33.2 Å². The van der Waals surface area contributed by atoms with Crippen molar-refractivity contribution in [3.8, 4) is 0 Å². The van der Waals surface area contributed by atoms with E-state index in [2.05, 4.69) is 16.5 Å². The molecule has 1 aliphatic rings. The molecule has 1 amide bonds. The normalized spacial score (nSPS) is 18.6. The Morgan fingerprint density at radius 1 is 1.39 bits per heavy atom. The van der Waals surface area contributed by atoms with Gasteiger partial charge in [0.15, 0.2) is 5.69 Å². The molecule has 1 fully saturated rings. The van der Waals surface area contributed by atoms with Gasteiger partial charge in [0.1, 0.15) is 0 Å². The third kappa shape index (κ3) is 3.77. The van der Waals surface area contributed by atoms with Crippen molar-refractivity contribution < 1.29 is 13.6 Å². The van der Waals surface area contributed by atoms with Crippen LogP contribution in [-0.2, 0) is 6.42 Å². The highest BCUT2D eigenvalue weighted by Crippen LogP contribution is 2.24. The lowest BCUT2D eigenvalue weighted by atomic mass is 9.97. The van der Waals surface area contributed by atoms with Crippen LogP contribution >= 0.6 is 11.3 Å². The van der Waals surface area contributed by atoms with Gasteiger partial charge < -0.3 is 4.90 Å². The van der Waals surface area contributed by atoms with Crippen LogP contribution in [0.2, 0.25) is 0 Å². The van der Waals surface area contributed by atoms with Crippen LogP contribution in [0.1, 0.15) is 47.6 Å². The second-order valence-corrected chi connectivity index (χ2v) is 6.76. The average molecular weight is 339 g/mol. The summed E-state index contributed by atoms with van der Waals surface area (Å²) in [7, 11) is 0. The van der Waals surface area contributed by atoms with Gasteiger partial charge in [0, 0.05) is 23.7 Å². The minimum atomic E-state index is -2.72. The van der Waals surface area contributed by atoms with E-state index in [4.69, 9.17) is 0 Å². The zero-order chi connectivity index (χ0) is 16.2. The van der Waals surface area contributed by atoms with E-state index in [1.54, 1.807) is 11.3 Å². The minimum absolute atomic E-state index is 0.105. The first-order valence-corrected chi connectivity index (χ1v) is 8.70. The molecule has 2 aromatic rings. The number of carbonyl (C=O) groups is 1. The van der Waals surface area contributed by atoms with Crippen LogP contribution in [0.15, 0.2) is 29.8 Å². The Labute approximate surface area is 137 Å². The van der Waals surface area contributed by atoms with Crippen LogP contribution in [0.3, 0.4) is 0 Å². The van der Waals surface area contributed by atoms with E-state index in [1.165, 1.54) is 10.9 Å². The Balaban J connectivity index is 1.68. The van der Waals surface area contributed by atoms with E-state index >= 15 is 0 Å². The van der Waals surface area contributed by atoms with Crippen molar-refractivity contribution in [3.05, 3.63) is 40.3 Å². The van der Waals surface area contributed by atoms with Crippen molar-refractivity contribution in [2.45, 2.75) is 44.7 Å². The second-order valence-electron chi connectivity index (χ2n) is 5.72. The molecule has 7 heteroatoms. The molecule has 0 unspecified atom stereocenters. The Bertz CT molecular complexity index is 642. The molecule has 23 heavy (non-hydrogen) atoms. The van der Waals surface area contributed by atoms with Crippen LogP contribution < -0.4 is 0 Å². The summed E-state index contributed by atoms with van der Waals surface area (Å²) in [5.41, 5.74) is 0.105. The molecule has 0 aromatic carbocycles. The fraction of sp³-hybridized carbons (Fsp3) is 0.500. The van der Waals surface area contributed by atoms with Crippen LogP contribution in [0.5, 0.6) is 0 Å². The number of alkyl halides is 2. The summed E-state index contributed by atoms with van der Waals surface area (Å²) < 4.78 is 25.8. The zero-order valence-electron chi connectivity index (χ0n) is 12.7. The molecule has 0 saturated carbocycles. The smallest absolute Gasteiger partial charge is 0.333 e. The highest BCUT2D eigenvalue weighted by molar-refractivity contribution is 7.09. The number of piperidine rings is 1. The van der Waals surface area contributed by atoms with Crippen LogP contribution in [0.4, 0.5) is 8.78 Å². The van der Waals surface area contributed by atoms with Crippen molar-refractivity contribution >= 4 is 17.2 Å². The van der Waals surface area contributed by atoms with Gasteiger partial charge in [-0.15, -0.1) is 11.3 Å². The predicted octanol–water partition coefficient (Wildman–Crippen LogP) is 3.97. The molecule has 0 spiro atoms. The number of aryl methyl sites for hydroxylation is 1. The molecule has 3 rings (SSSR count). The summed E-state index contributed by atoms with van der Waals surface area (Å²) in [6.07, 6.45) is 6.02. The van der Waals surface area contributed by atoms with E-state index in [9.17, 15) is 13.6 Å². The Kier molecular flexibility index (Phi) is 5.05. The Morgan fingerprint density at radius 3 is 2.96 bits per heavy atom. The molecule has 4 nitrogen and oxygen atoms in total. The summed E-state index contributed by atoms with van der Waals surface area (Å²) >= 11 is 1.72. The number of aromatic nitrogens is 2. The third-order valence-electron chi connectivity index (χ3n) is 4.22. The molecular weight excluding hydrogens is 320 g/mol. The lowest BCUT2D eigenvalue weighted by Gasteiger charge is -2.35. The quantitative estimate of drug-likeness (QED) is 0.827. The number of hydrogen-bond acceptors (Lipinski definition) is 3. The van der Waals surface area contributed by atoms with Gasteiger partial charge >= 0.3 is 6.55 Å². The highest BCUT2D eigenvalue weighted by Gasteiger charge is 2.28. The molecule has 0 radical (unpaired) electrons. The first-order chi connectivity index (χ1) is 11.1. The number of hydrogen-bond donors (Lipinski definition) is 0. The average Bonchev–Trinajstić information content (AvgIpc) is 3.24. The summed E-state index contributed by atoms with van der Waals surface area (Å²) in [4.78, 5) is 15.7. The molecule has 1 atom stereocenters. The Hall–Kier alpha value is -1.76. The van der Waals surface area contributed by atoms with Crippen molar-refractivity contribution in [2.24, 2.45) is 0 Å². The number of nitrogens with zero attached hydrogens (tertiary/aromatic N) is 3. The van der Waals surface area contributed by atoms with Crippen molar-refractivity contribution in [2.75, 3.05) is 6.54 Å². The van der Waals surface area contributed by atoms with Gasteiger partial charge in [-0.3, -0.25) is 4.79 Å². The molecular formula is C16H19F2N3OS. The molecule has 0 N–H and O–H groups in total. The van der Waals surface area contributed by atoms with Crippen molar-refractivity contribution in [1.82, 2.24) is 14.7 Å². The fourth-order valence-electron chi connectivity index (χ4n) is 3.04. The number of carbonyl (C=O) groups excluding carboxylic acids is 1. The van der Waals surface area contributed by atoms with Gasteiger partial charge in [0.05, 0.1) is 0 Å². The lowest BCUT2D eigenvalue weighted by Crippen LogP contribution is -2.44. The van der Waals surface area contributed by atoms with Gasteiger partial charge in [0.25, 0.3) is 5.91 Å². The van der Waals surface area contributed by atoms with Gasteiger partial charge in [-0.1, -0.05) is 6.07 Å². The predicted molar refractivity (Wildman–Crippen MR) is 84.8 cm³/mol. The van der Waals surface area contributed by atoms with E-state index in [-0.39, 0.29) is 17.6 Å². The fourth-order valence-corrected chi connectivity index (χ4v) is 3.76. The molecule has 124 valence electrons. The zero-order valence-corrected chi connectivity index (χ0v) is 13.5. The first kappa shape index (κ1) is 16.1. The summed E-state index contributed by atoms with van der Waals surface area (Å²) in [6, 6.07) is 5.67. The number of thiophene rings is 1. The maximum absolute atomic E-state index is 12.6. The van der Waals surface area contributed by atoms with Crippen molar-refractivity contribution in [3.63, 3.8) is 0 Å². The Morgan fingerprint density at radius 2 is 2.26 bits per heavy atom. The summed E-state index contributed by atoms with van der Waals surface area (Å²) in [5, 5.41) is 5.76. The monoisotopic (exact) mass is 339 g/mol. The highest BCUT2D eigenvalue weighted by atomic mass is 32.1. The summed E-state index contributed by atoms with van der Waals surface area (Å²) in [6.45, 7) is -2.04. The maximum atomic E-state index is 12.6. The van der Waals surface area contributed by atoms with Gasteiger partial charge in [-0.25, -0.2) is 4.68 Å². The van der Waals surface area contributed by atoms with E-state index in [0.717, 1.165) is 38.3 Å². The van der Waals surface area contributed by atoms with E-state index in [0.29, 0.717) is 11.2 Å². The van der Waals surface area contributed by atoms with Gasteiger partial charge in [-0.05, 0) is 49.6 Å². The number of halogens is 2. The van der Waals surface area contributed by atoms with Crippen molar-refractivity contribution in [1.29, 1.82) is 0 Å². The molecule has 1 aliphatic heterocycles. The van der Waals surface area contributed by atoms with Crippen LogP contribution in [0, 0.1) is 0 Å². The SMILES string of the molecule is O=C(c1ccn(C(F)F)n1)N1CCCC[C@@H]1CCc1cccs1.